The first-order valence-corrected chi connectivity index (χ1v) is 5.71. The van der Waals surface area contributed by atoms with E-state index >= 15 is 0 Å². The molecule has 1 saturated heterocycles. The fourth-order valence-electron chi connectivity index (χ4n) is 2.52. The predicted octanol–water partition coefficient (Wildman–Crippen LogP) is 1.73. The summed E-state index contributed by atoms with van der Waals surface area (Å²) in [6, 6.07) is 0. The number of carbonyl (C=O) groups is 2. The van der Waals surface area contributed by atoms with Crippen molar-refractivity contribution in [2.75, 3.05) is 0 Å². The third-order valence-electron chi connectivity index (χ3n) is 3.33. The highest BCUT2D eigenvalue weighted by atomic mass is 16.6. The first-order valence-electron chi connectivity index (χ1n) is 5.71. The minimum absolute atomic E-state index is 0.360. The van der Waals surface area contributed by atoms with Crippen LogP contribution >= 0.6 is 0 Å². The van der Waals surface area contributed by atoms with Crippen LogP contribution in [0.25, 0.3) is 0 Å². The Labute approximate surface area is 94.6 Å². The van der Waals surface area contributed by atoms with E-state index in [-0.39, 0.29) is 5.60 Å². The number of hydrogen-bond donors (Lipinski definition) is 0. The van der Waals surface area contributed by atoms with Crippen molar-refractivity contribution in [3.63, 3.8) is 0 Å². The van der Waals surface area contributed by atoms with Crippen LogP contribution in [0.2, 0.25) is 0 Å². The molecule has 0 amide bonds. The Morgan fingerprint density at radius 2 is 2.12 bits per heavy atom. The minimum atomic E-state index is -0.733. The number of ether oxygens (including phenoxy) is 2. The van der Waals surface area contributed by atoms with Gasteiger partial charge in [-0.1, -0.05) is 13.0 Å². The minimum Gasteiger partial charge on any atom is -0.456 e. The lowest BCUT2D eigenvalue weighted by atomic mass is 9.82. The standard InChI is InChI=1S/C12H16O4/c1-2-10(13)15-9-8-12(16-11(9)14)6-4-3-5-7-12/h2,9H,1,3-8H2. The Morgan fingerprint density at radius 1 is 1.44 bits per heavy atom. The molecule has 1 aliphatic heterocycles. The molecule has 2 aliphatic rings. The van der Waals surface area contributed by atoms with Crippen LogP contribution in [-0.2, 0) is 19.1 Å². The van der Waals surface area contributed by atoms with Crippen LogP contribution in [-0.4, -0.2) is 23.6 Å². The number of hydrogen-bond acceptors (Lipinski definition) is 4. The number of rotatable bonds is 2. The molecule has 2 fully saturated rings. The van der Waals surface area contributed by atoms with E-state index in [4.69, 9.17) is 9.47 Å². The van der Waals surface area contributed by atoms with Crippen LogP contribution in [0.15, 0.2) is 12.7 Å². The molecule has 0 N–H and O–H groups in total. The van der Waals surface area contributed by atoms with Gasteiger partial charge in [-0.25, -0.2) is 9.59 Å². The summed E-state index contributed by atoms with van der Waals surface area (Å²) in [5, 5.41) is 0. The lowest BCUT2D eigenvalue weighted by Gasteiger charge is -2.31. The summed E-state index contributed by atoms with van der Waals surface area (Å²) in [5.41, 5.74) is -0.360. The molecule has 0 bridgehead atoms. The van der Waals surface area contributed by atoms with Crippen molar-refractivity contribution in [2.24, 2.45) is 0 Å². The van der Waals surface area contributed by atoms with Gasteiger partial charge < -0.3 is 9.47 Å². The first kappa shape index (κ1) is 11.2. The van der Waals surface area contributed by atoms with Crippen molar-refractivity contribution >= 4 is 11.9 Å². The van der Waals surface area contributed by atoms with Gasteiger partial charge in [-0.05, 0) is 25.7 Å². The molecule has 0 aromatic heterocycles. The van der Waals surface area contributed by atoms with Crippen LogP contribution in [0.1, 0.15) is 38.5 Å². The molecule has 0 aromatic carbocycles. The maximum Gasteiger partial charge on any atom is 0.348 e. The van der Waals surface area contributed by atoms with Crippen molar-refractivity contribution in [3.05, 3.63) is 12.7 Å². The Balaban J connectivity index is 2.00. The van der Waals surface area contributed by atoms with Gasteiger partial charge in [0.15, 0.2) is 0 Å². The number of carbonyl (C=O) groups excluding carboxylic acids is 2. The van der Waals surface area contributed by atoms with E-state index in [1.807, 2.05) is 0 Å². The molecule has 0 radical (unpaired) electrons. The summed E-state index contributed by atoms with van der Waals surface area (Å²) in [6.45, 7) is 3.31. The fraction of sp³-hybridized carbons (Fsp3) is 0.667. The van der Waals surface area contributed by atoms with E-state index in [0.717, 1.165) is 31.8 Å². The summed E-state index contributed by atoms with van der Waals surface area (Å²) in [6.07, 6.45) is 5.97. The van der Waals surface area contributed by atoms with Crippen molar-refractivity contribution in [1.82, 2.24) is 0 Å². The molecule has 2 rings (SSSR count). The predicted molar refractivity (Wildman–Crippen MR) is 56.6 cm³/mol. The van der Waals surface area contributed by atoms with Crippen molar-refractivity contribution in [3.8, 4) is 0 Å². The van der Waals surface area contributed by atoms with Gasteiger partial charge in [0, 0.05) is 12.5 Å². The lowest BCUT2D eigenvalue weighted by Crippen LogP contribution is -2.31. The topological polar surface area (TPSA) is 52.6 Å². The quantitative estimate of drug-likeness (QED) is 0.529. The Kier molecular flexibility index (Phi) is 2.99. The van der Waals surface area contributed by atoms with Crippen LogP contribution in [0.3, 0.4) is 0 Å². The Hall–Kier alpha value is -1.32. The van der Waals surface area contributed by atoms with Gasteiger partial charge in [0.05, 0.1) is 0 Å². The highest BCUT2D eigenvalue weighted by Gasteiger charge is 2.48. The van der Waals surface area contributed by atoms with Crippen molar-refractivity contribution in [1.29, 1.82) is 0 Å². The van der Waals surface area contributed by atoms with Crippen molar-refractivity contribution in [2.45, 2.75) is 50.2 Å². The fourth-order valence-corrected chi connectivity index (χ4v) is 2.52. The summed E-state index contributed by atoms with van der Waals surface area (Å²) in [5.74, 6) is -0.966. The van der Waals surface area contributed by atoms with Crippen LogP contribution < -0.4 is 0 Å². The lowest BCUT2D eigenvalue weighted by molar-refractivity contribution is -0.161. The molecular weight excluding hydrogens is 208 g/mol. The zero-order valence-corrected chi connectivity index (χ0v) is 9.24. The zero-order chi connectivity index (χ0) is 11.6. The van der Waals surface area contributed by atoms with Crippen LogP contribution in [0.4, 0.5) is 0 Å². The molecule has 1 saturated carbocycles. The van der Waals surface area contributed by atoms with E-state index in [9.17, 15) is 9.59 Å². The molecule has 1 aliphatic carbocycles. The average Bonchev–Trinajstić information content (AvgIpc) is 2.56. The molecule has 1 atom stereocenters. The summed E-state index contributed by atoms with van der Waals surface area (Å²) >= 11 is 0. The number of esters is 2. The van der Waals surface area contributed by atoms with Gasteiger partial charge in [-0.15, -0.1) is 0 Å². The zero-order valence-electron chi connectivity index (χ0n) is 9.24. The van der Waals surface area contributed by atoms with Crippen LogP contribution in [0, 0.1) is 0 Å². The normalized spacial score (nSPS) is 27.5. The van der Waals surface area contributed by atoms with Gasteiger partial charge in [0.1, 0.15) is 5.60 Å². The largest absolute Gasteiger partial charge is 0.456 e. The van der Waals surface area contributed by atoms with Gasteiger partial charge in [0.25, 0.3) is 0 Å². The summed E-state index contributed by atoms with van der Waals surface area (Å²) in [7, 11) is 0. The van der Waals surface area contributed by atoms with Gasteiger partial charge in [-0.2, -0.15) is 0 Å². The van der Waals surface area contributed by atoms with Crippen molar-refractivity contribution < 1.29 is 19.1 Å². The molecule has 16 heavy (non-hydrogen) atoms. The van der Waals surface area contributed by atoms with Crippen LogP contribution in [0.5, 0.6) is 0 Å². The van der Waals surface area contributed by atoms with E-state index in [2.05, 4.69) is 6.58 Å². The first-order chi connectivity index (χ1) is 7.65. The third kappa shape index (κ3) is 2.10. The highest BCUT2D eigenvalue weighted by Crippen LogP contribution is 2.40. The SMILES string of the molecule is C=CC(=O)OC1CC2(CCCCC2)OC1=O. The average molecular weight is 224 g/mol. The van der Waals surface area contributed by atoms with E-state index < -0.39 is 18.0 Å². The Morgan fingerprint density at radius 3 is 2.75 bits per heavy atom. The highest BCUT2D eigenvalue weighted by molar-refractivity contribution is 5.86. The molecule has 4 nitrogen and oxygen atoms in total. The molecule has 0 aromatic rings. The Bertz CT molecular complexity index is 315. The molecule has 1 unspecified atom stereocenters. The van der Waals surface area contributed by atoms with E-state index in [1.165, 1.54) is 6.42 Å². The second kappa shape index (κ2) is 4.28. The summed E-state index contributed by atoms with van der Waals surface area (Å²) in [4.78, 5) is 22.6. The second-order valence-corrected chi connectivity index (χ2v) is 4.50. The monoisotopic (exact) mass is 224 g/mol. The third-order valence-corrected chi connectivity index (χ3v) is 3.33. The van der Waals surface area contributed by atoms with Gasteiger partial charge >= 0.3 is 11.9 Å². The molecule has 88 valence electrons. The molecular formula is C12H16O4. The molecule has 1 heterocycles. The van der Waals surface area contributed by atoms with Gasteiger partial charge in [0.2, 0.25) is 6.10 Å². The van der Waals surface area contributed by atoms with E-state index in [0.29, 0.717) is 6.42 Å². The summed E-state index contributed by atoms with van der Waals surface area (Å²) < 4.78 is 10.4. The molecule has 4 heteroatoms. The molecule has 1 spiro atoms. The second-order valence-electron chi connectivity index (χ2n) is 4.50. The maximum atomic E-state index is 11.6. The smallest absolute Gasteiger partial charge is 0.348 e. The van der Waals surface area contributed by atoms with Gasteiger partial charge in [-0.3, -0.25) is 0 Å². The van der Waals surface area contributed by atoms with E-state index in [1.54, 1.807) is 0 Å². The maximum absolute atomic E-state index is 11.6.